The van der Waals surface area contributed by atoms with Crippen LogP contribution in [0.5, 0.6) is 0 Å². The van der Waals surface area contributed by atoms with Gasteiger partial charge in [-0.15, -0.1) is 0 Å². The molecule has 22 heavy (non-hydrogen) atoms. The van der Waals surface area contributed by atoms with Crippen LogP contribution in [-0.2, 0) is 0 Å². The molecule has 1 aromatic carbocycles. The average Bonchev–Trinajstić information content (AvgIpc) is 2.93. The van der Waals surface area contributed by atoms with E-state index in [0.29, 0.717) is 0 Å². The molecule has 0 bridgehead atoms. The van der Waals surface area contributed by atoms with Crippen molar-refractivity contribution in [1.82, 2.24) is 19.7 Å². The van der Waals surface area contributed by atoms with Crippen LogP contribution in [0.2, 0.25) is 0 Å². The number of hydrogen-bond acceptors (Lipinski definition) is 3. The van der Waals surface area contributed by atoms with Crippen LogP contribution < -0.4 is 0 Å². The predicted molar refractivity (Wildman–Crippen MR) is 86.8 cm³/mol. The Morgan fingerprint density at radius 3 is 2.55 bits per heavy atom. The number of aryl methyl sites for hydroxylation is 1. The Balaban J connectivity index is 1.96. The Bertz CT molecular complexity index is 927. The lowest BCUT2D eigenvalue weighted by atomic mass is 10.1. The first-order chi connectivity index (χ1) is 10.8. The second kappa shape index (κ2) is 5.07. The zero-order valence-corrected chi connectivity index (χ0v) is 12.1. The molecule has 4 rings (SSSR count). The van der Waals surface area contributed by atoms with E-state index in [-0.39, 0.29) is 0 Å². The largest absolute Gasteiger partial charge is 0.264 e. The molecule has 0 amide bonds. The molecule has 4 nitrogen and oxygen atoms in total. The number of hydrogen-bond donors (Lipinski definition) is 0. The highest BCUT2D eigenvalue weighted by atomic mass is 15.3. The summed E-state index contributed by atoms with van der Waals surface area (Å²) < 4.78 is 1.89. The molecule has 0 aliphatic carbocycles. The van der Waals surface area contributed by atoms with Gasteiger partial charge in [0.1, 0.15) is 0 Å². The summed E-state index contributed by atoms with van der Waals surface area (Å²) in [6.07, 6.45) is 3.59. The van der Waals surface area contributed by atoms with Gasteiger partial charge < -0.3 is 0 Å². The molecule has 0 aliphatic heterocycles. The molecule has 0 saturated heterocycles. The van der Waals surface area contributed by atoms with Gasteiger partial charge in [0.05, 0.1) is 17.1 Å². The number of nitrogens with zero attached hydrogens (tertiary/aromatic N) is 4. The van der Waals surface area contributed by atoms with Crippen LogP contribution in [0.3, 0.4) is 0 Å². The summed E-state index contributed by atoms with van der Waals surface area (Å²) >= 11 is 0. The van der Waals surface area contributed by atoms with E-state index in [9.17, 15) is 0 Å². The summed E-state index contributed by atoms with van der Waals surface area (Å²) in [5, 5.41) is 5.70. The van der Waals surface area contributed by atoms with Crippen molar-refractivity contribution >= 4 is 11.0 Å². The van der Waals surface area contributed by atoms with Crippen molar-refractivity contribution in [2.75, 3.05) is 0 Å². The minimum absolute atomic E-state index is 0.866. The Hall–Kier alpha value is -3.01. The maximum atomic E-state index is 4.80. The van der Waals surface area contributed by atoms with Gasteiger partial charge in [0.2, 0.25) is 0 Å². The highest BCUT2D eigenvalue weighted by molar-refractivity contribution is 5.82. The minimum Gasteiger partial charge on any atom is -0.264 e. The summed E-state index contributed by atoms with van der Waals surface area (Å²) in [5.74, 6) is 0. The van der Waals surface area contributed by atoms with Gasteiger partial charge in [-0.25, -0.2) is 9.67 Å². The number of benzene rings is 1. The van der Waals surface area contributed by atoms with Crippen molar-refractivity contribution in [3.63, 3.8) is 0 Å². The third kappa shape index (κ3) is 2.05. The third-order valence-corrected chi connectivity index (χ3v) is 3.67. The smallest absolute Gasteiger partial charge is 0.163 e. The molecule has 0 saturated carbocycles. The molecular weight excluding hydrogens is 272 g/mol. The summed E-state index contributed by atoms with van der Waals surface area (Å²) in [4.78, 5) is 8.97. The summed E-state index contributed by atoms with van der Waals surface area (Å²) in [7, 11) is 0. The van der Waals surface area contributed by atoms with Crippen molar-refractivity contribution in [2.45, 2.75) is 6.92 Å². The van der Waals surface area contributed by atoms with E-state index in [0.717, 1.165) is 33.7 Å². The first-order valence-electron chi connectivity index (χ1n) is 7.15. The van der Waals surface area contributed by atoms with E-state index in [1.807, 2.05) is 66.3 Å². The lowest BCUT2D eigenvalue weighted by Crippen LogP contribution is -1.98. The first kappa shape index (κ1) is 12.7. The van der Waals surface area contributed by atoms with Crippen LogP contribution in [0.15, 0.2) is 67.0 Å². The SMILES string of the molecule is Cc1nn(-c2ccccc2)c2nc(-c3cccnc3)ccc12. The zero-order chi connectivity index (χ0) is 14.9. The van der Waals surface area contributed by atoms with Crippen molar-refractivity contribution in [3.8, 4) is 16.9 Å². The molecule has 0 fully saturated rings. The van der Waals surface area contributed by atoms with E-state index in [4.69, 9.17) is 4.98 Å². The van der Waals surface area contributed by atoms with Gasteiger partial charge in [-0.1, -0.05) is 18.2 Å². The van der Waals surface area contributed by atoms with E-state index >= 15 is 0 Å². The number of fused-ring (bicyclic) bond motifs is 1. The van der Waals surface area contributed by atoms with Gasteiger partial charge in [-0.05, 0) is 43.3 Å². The number of aromatic nitrogens is 4. The molecular formula is C18H14N4. The number of rotatable bonds is 2. The Morgan fingerprint density at radius 1 is 0.909 bits per heavy atom. The molecule has 0 spiro atoms. The lowest BCUT2D eigenvalue weighted by Gasteiger charge is -2.04. The highest BCUT2D eigenvalue weighted by Crippen LogP contribution is 2.24. The van der Waals surface area contributed by atoms with Crippen molar-refractivity contribution in [2.24, 2.45) is 0 Å². The molecule has 0 N–H and O–H groups in total. The molecule has 0 radical (unpaired) electrons. The van der Waals surface area contributed by atoms with Gasteiger partial charge in [-0.3, -0.25) is 4.98 Å². The summed E-state index contributed by atoms with van der Waals surface area (Å²) in [6, 6.07) is 18.1. The van der Waals surface area contributed by atoms with Crippen LogP contribution in [0.25, 0.3) is 28.0 Å². The molecule has 106 valence electrons. The second-order valence-electron chi connectivity index (χ2n) is 5.14. The fourth-order valence-electron chi connectivity index (χ4n) is 2.57. The Morgan fingerprint density at radius 2 is 1.77 bits per heavy atom. The van der Waals surface area contributed by atoms with Crippen LogP contribution in [-0.4, -0.2) is 19.7 Å². The van der Waals surface area contributed by atoms with Crippen molar-refractivity contribution < 1.29 is 0 Å². The third-order valence-electron chi connectivity index (χ3n) is 3.67. The van der Waals surface area contributed by atoms with Crippen LogP contribution >= 0.6 is 0 Å². The van der Waals surface area contributed by atoms with Crippen molar-refractivity contribution in [3.05, 3.63) is 72.7 Å². The monoisotopic (exact) mass is 286 g/mol. The molecule has 3 aromatic heterocycles. The van der Waals surface area contributed by atoms with Gasteiger partial charge >= 0.3 is 0 Å². The fraction of sp³-hybridized carbons (Fsp3) is 0.0556. The van der Waals surface area contributed by atoms with E-state index in [1.54, 1.807) is 6.20 Å². The highest BCUT2D eigenvalue weighted by Gasteiger charge is 2.11. The Kier molecular flexibility index (Phi) is 2.93. The number of pyridine rings is 2. The fourth-order valence-corrected chi connectivity index (χ4v) is 2.57. The van der Waals surface area contributed by atoms with Gasteiger partial charge in [0, 0.05) is 23.3 Å². The molecule has 0 atom stereocenters. The van der Waals surface area contributed by atoms with E-state index < -0.39 is 0 Å². The molecule has 0 unspecified atom stereocenters. The lowest BCUT2D eigenvalue weighted by molar-refractivity contribution is 0.878. The topological polar surface area (TPSA) is 43.6 Å². The van der Waals surface area contributed by atoms with Crippen LogP contribution in [0.4, 0.5) is 0 Å². The quantitative estimate of drug-likeness (QED) is 0.563. The number of para-hydroxylation sites is 1. The van der Waals surface area contributed by atoms with Gasteiger partial charge in [0.25, 0.3) is 0 Å². The van der Waals surface area contributed by atoms with Crippen LogP contribution in [0.1, 0.15) is 5.69 Å². The van der Waals surface area contributed by atoms with Gasteiger partial charge in [-0.2, -0.15) is 5.10 Å². The average molecular weight is 286 g/mol. The summed E-state index contributed by atoms with van der Waals surface area (Å²) in [5.41, 5.74) is 4.76. The van der Waals surface area contributed by atoms with Crippen molar-refractivity contribution in [1.29, 1.82) is 0 Å². The summed E-state index contributed by atoms with van der Waals surface area (Å²) in [6.45, 7) is 2.01. The second-order valence-corrected chi connectivity index (χ2v) is 5.14. The molecule has 0 aliphatic rings. The maximum Gasteiger partial charge on any atom is 0.163 e. The van der Waals surface area contributed by atoms with E-state index in [1.165, 1.54) is 0 Å². The van der Waals surface area contributed by atoms with Gasteiger partial charge in [0.15, 0.2) is 5.65 Å². The molecule has 4 aromatic rings. The minimum atomic E-state index is 0.866. The first-order valence-corrected chi connectivity index (χ1v) is 7.15. The Labute approximate surface area is 128 Å². The van der Waals surface area contributed by atoms with Crippen LogP contribution in [0, 0.1) is 6.92 Å². The zero-order valence-electron chi connectivity index (χ0n) is 12.1. The normalized spacial score (nSPS) is 11.0. The maximum absolute atomic E-state index is 4.80. The molecule has 3 heterocycles. The molecule has 4 heteroatoms. The standard InChI is InChI=1S/C18H14N4/c1-13-16-9-10-17(14-6-5-11-19-12-14)20-18(16)22(21-13)15-7-3-2-4-8-15/h2-12H,1H3. The predicted octanol–water partition coefficient (Wildman–Crippen LogP) is 3.79. The van der Waals surface area contributed by atoms with E-state index in [2.05, 4.69) is 16.1 Å².